The van der Waals surface area contributed by atoms with Gasteiger partial charge in [0.2, 0.25) is 5.95 Å². The van der Waals surface area contributed by atoms with Gasteiger partial charge in [0.25, 0.3) is 0 Å². The van der Waals surface area contributed by atoms with Crippen LogP contribution in [0.2, 0.25) is 0 Å². The first kappa shape index (κ1) is 13.0. The number of hydrogen-bond donors (Lipinski definition) is 2. The van der Waals surface area contributed by atoms with Crippen LogP contribution in [0.25, 0.3) is 11.3 Å². The number of aromatic nitrogens is 2. The van der Waals surface area contributed by atoms with Crippen molar-refractivity contribution in [3.8, 4) is 11.3 Å². The molecule has 0 saturated heterocycles. The van der Waals surface area contributed by atoms with Crippen molar-refractivity contribution in [2.45, 2.75) is 6.61 Å². The number of aromatic amines is 1. The zero-order chi connectivity index (χ0) is 13.8. The van der Waals surface area contributed by atoms with E-state index >= 15 is 0 Å². The van der Waals surface area contributed by atoms with Crippen molar-refractivity contribution in [3.63, 3.8) is 0 Å². The van der Waals surface area contributed by atoms with E-state index in [2.05, 4.69) is 15.3 Å². The maximum Gasteiger partial charge on any atom is 0.407 e. The summed E-state index contributed by atoms with van der Waals surface area (Å²) in [6.45, 7) is -0.246. The third kappa shape index (κ3) is 2.70. The van der Waals surface area contributed by atoms with Gasteiger partial charge in [0, 0.05) is 25.0 Å². The van der Waals surface area contributed by atoms with Crippen molar-refractivity contribution in [3.05, 3.63) is 41.9 Å². The molecule has 0 atom stereocenters. The standard InChI is InChI=1S/C12H11F2N3O2/c1-15-12(18)19-6-7-5-17-10(9(7)13)8-3-2-4-16-11(8)14/h2-5,17H,6H2,1H3,(H,15,18). The van der Waals surface area contributed by atoms with Crippen molar-refractivity contribution in [1.82, 2.24) is 15.3 Å². The number of amides is 1. The Labute approximate surface area is 107 Å². The van der Waals surface area contributed by atoms with Gasteiger partial charge in [-0.25, -0.2) is 14.2 Å². The lowest BCUT2D eigenvalue weighted by molar-refractivity contribution is 0.141. The molecule has 5 nitrogen and oxygen atoms in total. The van der Waals surface area contributed by atoms with Crippen LogP contribution in [0.1, 0.15) is 5.56 Å². The molecule has 2 N–H and O–H groups in total. The van der Waals surface area contributed by atoms with Gasteiger partial charge in [-0.15, -0.1) is 0 Å². The van der Waals surface area contributed by atoms with Crippen LogP contribution >= 0.6 is 0 Å². The van der Waals surface area contributed by atoms with E-state index in [4.69, 9.17) is 4.74 Å². The molecule has 0 unspecified atom stereocenters. The smallest absolute Gasteiger partial charge is 0.407 e. The Kier molecular flexibility index (Phi) is 3.74. The lowest BCUT2D eigenvalue weighted by atomic mass is 10.2. The predicted octanol–water partition coefficient (Wildman–Crippen LogP) is 2.21. The molecule has 0 aromatic carbocycles. The lowest BCUT2D eigenvalue weighted by Crippen LogP contribution is -2.18. The first-order valence-electron chi connectivity index (χ1n) is 5.44. The third-order valence-electron chi connectivity index (χ3n) is 2.48. The van der Waals surface area contributed by atoms with Crippen LogP contribution in [0.15, 0.2) is 24.5 Å². The molecule has 0 aliphatic heterocycles. The molecular weight excluding hydrogens is 256 g/mol. The molecule has 2 aromatic rings. The first-order valence-corrected chi connectivity index (χ1v) is 5.44. The topological polar surface area (TPSA) is 67.0 Å². The van der Waals surface area contributed by atoms with Crippen LogP contribution in [0, 0.1) is 11.8 Å². The number of nitrogens with zero attached hydrogens (tertiary/aromatic N) is 1. The second-order valence-electron chi connectivity index (χ2n) is 3.67. The lowest BCUT2D eigenvalue weighted by Gasteiger charge is -2.02. The average Bonchev–Trinajstić information content (AvgIpc) is 2.78. The summed E-state index contributed by atoms with van der Waals surface area (Å²) < 4.78 is 32.2. The van der Waals surface area contributed by atoms with Gasteiger partial charge in [0.1, 0.15) is 6.61 Å². The minimum absolute atomic E-state index is 0.0196. The second kappa shape index (κ2) is 5.47. The number of hydrogen-bond acceptors (Lipinski definition) is 3. The first-order chi connectivity index (χ1) is 9.13. The molecule has 2 aromatic heterocycles. The molecule has 2 heterocycles. The summed E-state index contributed by atoms with van der Waals surface area (Å²) in [6, 6.07) is 2.90. The van der Waals surface area contributed by atoms with E-state index in [1.165, 1.54) is 31.6 Å². The summed E-state index contributed by atoms with van der Waals surface area (Å²) in [7, 11) is 1.40. The quantitative estimate of drug-likeness (QED) is 0.838. The molecule has 0 spiro atoms. The number of pyridine rings is 1. The fraction of sp³-hybridized carbons (Fsp3) is 0.167. The summed E-state index contributed by atoms with van der Waals surface area (Å²) in [5, 5.41) is 2.24. The molecule has 0 bridgehead atoms. The number of H-pyrrole nitrogens is 1. The summed E-state index contributed by atoms with van der Waals surface area (Å²) in [4.78, 5) is 16.9. The molecule has 19 heavy (non-hydrogen) atoms. The van der Waals surface area contributed by atoms with Gasteiger partial charge in [0.15, 0.2) is 5.82 Å². The Morgan fingerprint density at radius 3 is 3.00 bits per heavy atom. The van der Waals surface area contributed by atoms with E-state index in [1.807, 2.05) is 0 Å². The third-order valence-corrected chi connectivity index (χ3v) is 2.48. The van der Waals surface area contributed by atoms with Gasteiger partial charge < -0.3 is 15.0 Å². The highest BCUT2D eigenvalue weighted by atomic mass is 19.1. The SMILES string of the molecule is CNC(=O)OCc1c[nH]c(-c2cccnc2F)c1F. The van der Waals surface area contributed by atoms with Gasteiger partial charge in [-0.05, 0) is 12.1 Å². The van der Waals surface area contributed by atoms with E-state index in [-0.39, 0.29) is 23.4 Å². The molecule has 0 radical (unpaired) electrons. The number of ether oxygens (including phenoxy) is 1. The highest BCUT2D eigenvalue weighted by Gasteiger charge is 2.17. The zero-order valence-electron chi connectivity index (χ0n) is 10.0. The molecule has 7 heteroatoms. The van der Waals surface area contributed by atoms with Crippen LogP contribution in [-0.4, -0.2) is 23.1 Å². The minimum atomic E-state index is -0.776. The zero-order valence-corrected chi connectivity index (χ0v) is 10.0. The Morgan fingerprint density at radius 2 is 2.32 bits per heavy atom. The van der Waals surface area contributed by atoms with Gasteiger partial charge in [0.05, 0.1) is 11.3 Å². The van der Waals surface area contributed by atoms with Crippen LogP contribution in [0.5, 0.6) is 0 Å². The molecule has 0 aliphatic carbocycles. The molecule has 0 aliphatic rings. The number of nitrogens with one attached hydrogen (secondary N) is 2. The van der Waals surface area contributed by atoms with Gasteiger partial charge >= 0.3 is 6.09 Å². The van der Waals surface area contributed by atoms with Crippen molar-refractivity contribution in [1.29, 1.82) is 0 Å². The van der Waals surface area contributed by atoms with Crippen LogP contribution < -0.4 is 5.32 Å². The number of alkyl carbamates (subject to hydrolysis) is 1. The summed E-state index contributed by atoms with van der Waals surface area (Å²) in [5.74, 6) is -1.45. The maximum absolute atomic E-state index is 14.0. The van der Waals surface area contributed by atoms with Crippen molar-refractivity contribution in [2.75, 3.05) is 7.05 Å². The van der Waals surface area contributed by atoms with E-state index in [0.717, 1.165) is 0 Å². The van der Waals surface area contributed by atoms with E-state index in [9.17, 15) is 13.6 Å². The van der Waals surface area contributed by atoms with Crippen molar-refractivity contribution >= 4 is 6.09 Å². The van der Waals surface area contributed by atoms with Gasteiger partial charge in [-0.2, -0.15) is 4.39 Å². The molecule has 1 amide bonds. The summed E-state index contributed by atoms with van der Waals surface area (Å²) in [5.41, 5.74) is 0.120. The van der Waals surface area contributed by atoms with Crippen molar-refractivity contribution in [2.24, 2.45) is 0 Å². The highest BCUT2D eigenvalue weighted by Crippen LogP contribution is 2.25. The van der Waals surface area contributed by atoms with Crippen LogP contribution in [-0.2, 0) is 11.3 Å². The minimum Gasteiger partial charge on any atom is -0.445 e. The molecular formula is C12H11F2N3O2. The molecule has 0 saturated carbocycles. The molecule has 100 valence electrons. The number of carbonyl (C=O) groups is 1. The Bertz CT molecular complexity index is 598. The van der Waals surface area contributed by atoms with Gasteiger partial charge in [-0.1, -0.05) is 0 Å². The Morgan fingerprint density at radius 1 is 1.53 bits per heavy atom. The monoisotopic (exact) mass is 267 g/mol. The molecule has 0 fully saturated rings. The van der Waals surface area contributed by atoms with E-state index in [1.54, 1.807) is 0 Å². The summed E-state index contributed by atoms with van der Waals surface area (Å²) >= 11 is 0. The average molecular weight is 267 g/mol. The predicted molar refractivity (Wildman–Crippen MR) is 63.2 cm³/mol. The van der Waals surface area contributed by atoms with Crippen LogP contribution in [0.3, 0.4) is 0 Å². The summed E-state index contributed by atoms with van der Waals surface area (Å²) in [6.07, 6.45) is 1.92. The fourth-order valence-corrected chi connectivity index (χ4v) is 1.54. The normalized spacial score (nSPS) is 10.3. The van der Waals surface area contributed by atoms with Crippen LogP contribution in [0.4, 0.5) is 13.6 Å². The van der Waals surface area contributed by atoms with Crippen molar-refractivity contribution < 1.29 is 18.3 Å². The second-order valence-corrected chi connectivity index (χ2v) is 3.67. The number of carbonyl (C=O) groups excluding carboxylic acids is 1. The number of halogens is 2. The number of rotatable bonds is 3. The Hall–Kier alpha value is -2.44. The maximum atomic E-state index is 14.0. The highest BCUT2D eigenvalue weighted by molar-refractivity contribution is 5.67. The largest absolute Gasteiger partial charge is 0.445 e. The fourth-order valence-electron chi connectivity index (χ4n) is 1.54. The van der Waals surface area contributed by atoms with Gasteiger partial charge in [-0.3, -0.25) is 0 Å². The Balaban J connectivity index is 2.24. The molecule has 2 rings (SSSR count). The van der Waals surface area contributed by atoms with E-state index < -0.39 is 17.9 Å². The van der Waals surface area contributed by atoms with E-state index in [0.29, 0.717) is 0 Å².